The van der Waals surface area contributed by atoms with Crippen LogP contribution in [0, 0.1) is 33.6 Å². The first-order valence-electron chi connectivity index (χ1n) is 22.3. The molecule has 6 heterocycles. The molecule has 68 heavy (non-hydrogen) atoms. The number of nitrogens with zero attached hydrogens (tertiary/aromatic N) is 7. The van der Waals surface area contributed by atoms with E-state index in [1.807, 2.05) is 68.7 Å². The largest absolute Gasteiger partial charge is 0.475 e. The molecule has 2 aliphatic heterocycles. The van der Waals surface area contributed by atoms with Gasteiger partial charge in [0.05, 0.1) is 40.9 Å². The maximum atomic E-state index is 15.2. The van der Waals surface area contributed by atoms with E-state index < -0.39 is 67.2 Å². The second kappa shape index (κ2) is 20.4. The highest BCUT2D eigenvalue weighted by molar-refractivity contribution is 7.15. The number of rotatable bonds is 17. The van der Waals surface area contributed by atoms with Crippen molar-refractivity contribution in [2.45, 2.75) is 104 Å². The minimum absolute atomic E-state index is 0.0475. The zero-order chi connectivity index (χ0) is 48.4. The zero-order valence-electron chi connectivity index (χ0n) is 38.4. The minimum Gasteiger partial charge on any atom is -0.475 e. The Hall–Kier alpha value is -5.89. The van der Waals surface area contributed by atoms with Crippen LogP contribution in [-0.4, -0.2) is 96.1 Å². The van der Waals surface area contributed by atoms with E-state index in [2.05, 4.69) is 31.0 Å². The molecule has 15 nitrogen and oxygen atoms in total. The predicted molar refractivity (Wildman–Crippen MR) is 255 cm³/mol. The number of carbonyl (C=O) groups excluding carboxylic acids is 3. The Bertz CT molecular complexity index is 2820. The number of aliphatic imine (C=N–C) groups is 1. The first-order valence-corrected chi connectivity index (χ1v) is 24.4. The van der Waals surface area contributed by atoms with Crippen molar-refractivity contribution in [2.24, 2.45) is 10.9 Å². The number of hydrogen-bond donors (Lipinski definition) is 3. The molecule has 3 N–H and O–H groups in total. The molecule has 0 bridgehead atoms. The van der Waals surface area contributed by atoms with Crippen LogP contribution in [0.5, 0.6) is 5.88 Å². The van der Waals surface area contributed by atoms with Crippen molar-refractivity contribution in [3.8, 4) is 21.3 Å². The molecule has 1 fully saturated rings. The van der Waals surface area contributed by atoms with E-state index in [9.17, 15) is 19.5 Å². The summed E-state index contributed by atoms with van der Waals surface area (Å²) in [6.45, 7) is 10.9. The Morgan fingerprint density at radius 2 is 1.75 bits per heavy atom. The molecule has 2 aromatic carbocycles. The third kappa shape index (κ3) is 10.5. The van der Waals surface area contributed by atoms with Crippen molar-refractivity contribution in [2.75, 3.05) is 19.7 Å². The van der Waals surface area contributed by atoms with Gasteiger partial charge in [-0.1, -0.05) is 61.8 Å². The van der Waals surface area contributed by atoms with Gasteiger partial charge in [0.1, 0.15) is 28.8 Å². The quantitative estimate of drug-likeness (QED) is 0.0803. The smallest absolute Gasteiger partial charge is 0.254 e. The van der Waals surface area contributed by atoms with Gasteiger partial charge in [0, 0.05) is 66.0 Å². The number of ether oxygens (including phenoxy) is 1. The summed E-state index contributed by atoms with van der Waals surface area (Å²) in [6, 6.07) is 14.8. The van der Waals surface area contributed by atoms with Gasteiger partial charge in [-0.3, -0.25) is 23.9 Å². The maximum Gasteiger partial charge on any atom is 0.254 e. The van der Waals surface area contributed by atoms with Crippen LogP contribution >= 0.6 is 34.3 Å². The van der Waals surface area contributed by atoms with Crippen molar-refractivity contribution < 1.29 is 37.5 Å². The fourth-order valence-electron chi connectivity index (χ4n) is 8.56. The van der Waals surface area contributed by atoms with E-state index in [1.54, 1.807) is 54.2 Å². The molecule has 3 amide bonds. The molecule has 0 aliphatic carbocycles. The number of likely N-dealkylation sites (tertiary alicyclic amines) is 1. The number of thiazole rings is 1. The van der Waals surface area contributed by atoms with Gasteiger partial charge in [-0.15, -0.1) is 32.9 Å². The standard InChI is InChI=1S/C48H52ClF2N9O6S2/c1-25(2)40(46(64)59-23-34(61)19-36(59)45(63)53-22-30-7-9-32(10-8-30)43-27(4)54-24-67-43)37-21-39(58-66-37)65-18-16-48(50,51)15-17-52-38(62)20-35-44-57-56-29(6)60(44)47-41(26(3)28(5)68-47)42(55-35)31-11-13-33(49)14-12-31/h7-14,21,24-25,34-36,40,61H,15-20,22-23H2,1-6H3,(H,52,62)(H,53,63)/t34-,35+,36+,40+/m1/s1. The van der Waals surface area contributed by atoms with Crippen molar-refractivity contribution in [1.82, 2.24) is 40.4 Å². The lowest BCUT2D eigenvalue weighted by atomic mass is 9.91. The lowest BCUT2D eigenvalue weighted by molar-refractivity contribution is -0.141. The summed E-state index contributed by atoms with van der Waals surface area (Å²) in [5.41, 5.74) is 8.08. The van der Waals surface area contributed by atoms with E-state index >= 15 is 8.78 Å². The number of fused-ring (bicyclic) bond motifs is 3. The van der Waals surface area contributed by atoms with Gasteiger partial charge in [-0.25, -0.2) is 13.8 Å². The Balaban J connectivity index is 0.837. The number of aliphatic hydroxyl groups is 1. The monoisotopic (exact) mass is 987 g/mol. The van der Waals surface area contributed by atoms with Gasteiger partial charge >= 0.3 is 0 Å². The average molecular weight is 989 g/mol. The number of alkyl halides is 2. The van der Waals surface area contributed by atoms with E-state index in [-0.39, 0.29) is 50.0 Å². The highest BCUT2D eigenvalue weighted by Gasteiger charge is 2.43. The van der Waals surface area contributed by atoms with Crippen LogP contribution in [0.4, 0.5) is 8.78 Å². The van der Waals surface area contributed by atoms with E-state index in [0.717, 1.165) is 48.3 Å². The summed E-state index contributed by atoms with van der Waals surface area (Å²) in [4.78, 5) is 53.9. The molecule has 0 unspecified atom stereocenters. The van der Waals surface area contributed by atoms with Gasteiger partial charge in [0.15, 0.2) is 11.6 Å². The van der Waals surface area contributed by atoms with Gasteiger partial charge in [-0.2, -0.15) is 0 Å². The Morgan fingerprint density at radius 3 is 2.46 bits per heavy atom. The molecule has 2 aliphatic rings. The van der Waals surface area contributed by atoms with Crippen LogP contribution in [0.3, 0.4) is 0 Å². The van der Waals surface area contributed by atoms with Crippen LogP contribution in [-0.2, 0) is 20.9 Å². The van der Waals surface area contributed by atoms with Gasteiger partial charge in [0.2, 0.25) is 17.7 Å². The van der Waals surface area contributed by atoms with E-state index in [1.165, 1.54) is 11.0 Å². The minimum atomic E-state index is -3.21. The van der Waals surface area contributed by atoms with Gasteiger partial charge in [-0.05, 0) is 67.6 Å². The summed E-state index contributed by atoms with van der Waals surface area (Å²) < 4.78 is 43.4. The molecule has 1 saturated heterocycles. The first-order chi connectivity index (χ1) is 32.5. The second-order valence-corrected chi connectivity index (χ2v) is 20.0. The summed E-state index contributed by atoms with van der Waals surface area (Å²) in [5.74, 6) is -4.59. The number of aromatic nitrogens is 5. The fourth-order valence-corrected chi connectivity index (χ4v) is 10.7. The number of aliphatic hydroxyl groups excluding tert-OH is 1. The topological polar surface area (TPSA) is 190 Å². The number of benzene rings is 2. The number of amides is 3. The lowest BCUT2D eigenvalue weighted by Gasteiger charge is -2.28. The zero-order valence-corrected chi connectivity index (χ0v) is 40.8. The molecule has 4 atom stereocenters. The van der Waals surface area contributed by atoms with E-state index in [0.29, 0.717) is 22.4 Å². The number of β-amino-alcohol motifs (C(OH)–C–C–N with tert-alkyl or cyclic N) is 1. The number of halogens is 3. The SMILES string of the molecule is Cc1ncsc1-c1ccc(CNC(=O)[C@@H]2C[C@@H](O)CN2C(=O)[C@H](c2cc(OCCC(F)(F)CCNC(=O)C[C@@H]3N=C(c4ccc(Cl)cc4)c4c(sc(C)c4C)-n4c(C)nnc43)no2)C(C)C)cc1. The molecule has 20 heteroatoms. The maximum absolute atomic E-state index is 15.2. The molecule has 0 saturated carbocycles. The number of aryl methyl sites for hydroxylation is 3. The van der Waals surface area contributed by atoms with Crippen LogP contribution < -0.4 is 15.4 Å². The number of thiophene rings is 1. The third-order valence-electron chi connectivity index (χ3n) is 12.3. The third-order valence-corrected chi connectivity index (χ3v) is 14.7. The summed E-state index contributed by atoms with van der Waals surface area (Å²) in [6.07, 6.45) is -2.33. The highest BCUT2D eigenvalue weighted by Crippen LogP contribution is 2.40. The first kappa shape index (κ1) is 48.6. The van der Waals surface area contributed by atoms with Gasteiger partial charge in [0.25, 0.3) is 11.8 Å². The number of carbonyl (C=O) groups is 3. The van der Waals surface area contributed by atoms with Crippen LogP contribution in [0.15, 0.2) is 69.6 Å². The summed E-state index contributed by atoms with van der Waals surface area (Å²) in [5, 5.41) is 30.2. The molecule has 0 spiro atoms. The second-order valence-electron chi connectivity index (χ2n) is 17.5. The van der Waals surface area contributed by atoms with Crippen LogP contribution in [0.25, 0.3) is 15.4 Å². The molecule has 0 radical (unpaired) electrons. The lowest BCUT2D eigenvalue weighted by Crippen LogP contribution is -2.48. The molecule has 358 valence electrons. The molecule has 4 aromatic heterocycles. The van der Waals surface area contributed by atoms with Crippen LogP contribution in [0.1, 0.15) is 102 Å². The molecule has 8 rings (SSSR count). The summed E-state index contributed by atoms with van der Waals surface area (Å²) >= 11 is 9.35. The van der Waals surface area contributed by atoms with Crippen molar-refractivity contribution in [3.05, 3.63) is 115 Å². The van der Waals surface area contributed by atoms with Crippen molar-refractivity contribution >= 4 is 57.7 Å². The highest BCUT2D eigenvalue weighted by atomic mass is 35.5. The molecular weight excluding hydrogens is 936 g/mol. The van der Waals surface area contributed by atoms with Crippen molar-refractivity contribution in [3.63, 3.8) is 0 Å². The number of nitrogens with one attached hydrogen (secondary N) is 2. The van der Waals surface area contributed by atoms with Crippen LogP contribution in [0.2, 0.25) is 5.02 Å². The fraction of sp³-hybridized carbons (Fsp3) is 0.417. The number of hydrogen-bond acceptors (Lipinski definition) is 13. The average Bonchev–Trinajstić information content (AvgIpc) is 4.14. The molecule has 6 aromatic rings. The Kier molecular flexibility index (Phi) is 14.5. The van der Waals surface area contributed by atoms with Gasteiger partial charge < -0.3 is 29.9 Å². The Morgan fingerprint density at radius 1 is 1.01 bits per heavy atom. The van der Waals surface area contributed by atoms with E-state index in [4.69, 9.17) is 25.9 Å². The molecular formula is C48H52ClF2N9O6S2. The van der Waals surface area contributed by atoms with Crippen molar-refractivity contribution in [1.29, 1.82) is 0 Å². The normalized spacial score (nSPS) is 17.4. The predicted octanol–water partition coefficient (Wildman–Crippen LogP) is 8.24. The Labute approximate surface area is 405 Å². The summed E-state index contributed by atoms with van der Waals surface area (Å²) in [7, 11) is 0.